The molecule has 0 aliphatic heterocycles. The normalized spacial score (nSPS) is 10.3. The van der Waals surface area contributed by atoms with Crippen LogP contribution in [-0.4, -0.2) is 16.5 Å². The smallest absolute Gasteiger partial charge is 0.129 e. The fourth-order valence-electron chi connectivity index (χ4n) is 1.45. The Labute approximate surface area is 98.6 Å². The van der Waals surface area contributed by atoms with E-state index in [0.29, 0.717) is 5.69 Å². The van der Waals surface area contributed by atoms with Gasteiger partial charge in [0.05, 0.1) is 16.9 Å². The van der Waals surface area contributed by atoms with Gasteiger partial charge in [0, 0.05) is 24.5 Å². The summed E-state index contributed by atoms with van der Waals surface area (Å²) in [7, 11) is 0. The predicted octanol–water partition coefficient (Wildman–Crippen LogP) is 2.08. The van der Waals surface area contributed by atoms with Gasteiger partial charge in [0.15, 0.2) is 0 Å². The molecule has 2 rings (SSSR count). The Morgan fingerprint density at radius 2 is 2.31 bits per heavy atom. The molecule has 84 valence electrons. The van der Waals surface area contributed by atoms with Crippen LogP contribution in [0.3, 0.4) is 0 Å². The van der Waals surface area contributed by atoms with E-state index in [1.165, 1.54) is 0 Å². The van der Waals surface area contributed by atoms with Crippen LogP contribution >= 0.6 is 11.3 Å². The summed E-state index contributed by atoms with van der Waals surface area (Å²) in [5.74, 6) is 0.894. The lowest BCUT2D eigenvalue weighted by Crippen LogP contribution is -2.07. The molecule has 0 radical (unpaired) electrons. The Hall–Kier alpha value is -1.62. The van der Waals surface area contributed by atoms with Gasteiger partial charge in [0.1, 0.15) is 5.82 Å². The number of aryl methyl sites for hydroxylation is 1. The van der Waals surface area contributed by atoms with E-state index in [4.69, 9.17) is 5.73 Å². The minimum absolute atomic E-state index is 0.697. The van der Waals surface area contributed by atoms with E-state index >= 15 is 0 Å². The number of rotatable bonds is 4. The second-order valence-electron chi connectivity index (χ2n) is 3.54. The highest BCUT2D eigenvalue weighted by molar-refractivity contribution is 7.09. The molecule has 0 aromatic carbocycles. The minimum atomic E-state index is 0.697. The van der Waals surface area contributed by atoms with Crippen molar-refractivity contribution in [2.75, 3.05) is 17.6 Å². The number of hydrogen-bond donors (Lipinski definition) is 2. The molecular formula is C11H14N4S. The van der Waals surface area contributed by atoms with Crippen LogP contribution in [0.1, 0.15) is 10.6 Å². The van der Waals surface area contributed by atoms with Gasteiger partial charge < -0.3 is 11.1 Å². The second-order valence-corrected chi connectivity index (χ2v) is 4.52. The van der Waals surface area contributed by atoms with Crippen LogP contribution in [0.5, 0.6) is 0 Å². The number of pyridine rings is 1. The lowest BCUT2D eigenvalue weighted by molar-refractivity contribution is 0.984. The van der Waals surface area contributed by atoms with Gasteiger partial charge in [-0.1, -0.05) is 0 Å². The fourth-order valence-corrected chi connectivity index (χ4v) is 2.07. The molecule has 2 aromatic heterocycles. The van der Waals surface area contributed by atoms with Gasteiger partial charge in [0.25, 0.3) is 0 Å². The molecule has 5 heteroatoms. The Bertz CT molecular complexity index is 453. The quantitative estimate of drug-likeness (QED) is 0.850. The molecule has 0 atom stereocenters. The van der Waals surface area contributed by atoms with Gasteiger partial charge >= 0.3 is 0 Å². The van der Waals surface area contributed by atoms with Crippen molar-refractivity contribution in [3.63, 3.8) is 0 Å². The largest absolute Gasteiger partial charge is 0.397 e. The van der Waals surface area contributed by atoms with Crippen molar-refractivity contribution in [1.29, 1.82) is 0 Å². The van der Waals surface area contributed by atoms with Crippen molar-refractivity contribution in [2.45, 2.75) is 13.3 Å². The predicted molar refractivity (Wildman–Crippen MR) is 67.7 cm³/mol. The number of nitrogens with zero attached hydrogens (tertiary/aromatic N) is 2. The van der Waals surface area contributed by atoms with Gasteiger partial charge in [-0.3, -0.25) is 0 Å². The van der Waals surface area contributed by atoms with Crippen molar-refractivity contribution in [1.82, 2.24) is 9.97 Å². The number of thiazole rings is 1. The molecule has 0 bridgehead atoms. The van der Waals surface area contributed by atoms with E-state index in [-0.39, 0.29) is 0 Å². The summed E-state index contributed by atoms with van der Waals surface area (Å²) in [6.45, 7) is 2.83. The summed E-state index contributed by atoms with van der Waals surface area (Å²) < 4.78 is 0. The molecule has 16 heavy (non-hydrogen) atoms. The van der Waals surface area contributed by atoms with Gasteiger partial charge in [-0.25, -0.2) is 9.97 Å². The molecule has 2 heterocycles. The molecule has 4 nitrogen and oxygen atoms in total. The summed E-state index contributed by atoms with van der Waals surface area (Å²) >= 11 is 1.67. The maximum absolute atomic E-state index is 5.63. The summed E-state index contributed by atoms with van der Waals surface area (Å²) in [6, 6.07) is 1.92. The van der Waals surface area contributed by atoms with E-state index < -0.39 is 0 Å². The SMILES string of the molecule is Cc1cc(N)cnc1NCCc1nccs1. The first-order chi connectivity index (χ1) is 7.75. The van der Waals surface area contributed by atoms with Crippen LogP contribution in [0.15, 0.2) is 23.8 Å². The first-order valence-electron chi connectivity index (χ1n) is 5.10. The average molecular weight is 234 g/mol. The lowest BCUT2D eigenvalue weighted by Gasteiger charge is -2.07. The number of nitrogens with two attached hydrogens (primary N) is 1. The highest BCUT2D eigenvalue weighted by Gasteiger charge is 2.00. The minimum Gasteiger partial charge on any atom is -0.397 e. The molecule has 0 spiro atoms. The molecule has 0 aliphatic rings. The maximum Gasteiger partial charge on any atom is 0.129 e. The first-order valence-corrected chi connectivity index (χ1v) is 5.98. The van der Waals surface area contributed by atoms with Gasteiger partial charge in [-0.05, 0) is 18.6 Å². The molecule has 0 saturated heterocycles. The molecule has 0 saturated carbocycles. The standard InChI is InChI=1S/C11H14N4S/c1-8-6-9(12)7-15-11(8)14-3-2-10-13-4-5-16-10/h4-7H,2-3,12H2,1H3,(H,14,15). The topological polar surface area (TPSA) is 63.8 Å². The van der Waals surface area contributed by atoms with Crippen LogP contribution < -0.4 is 11.1 Å². The molecule has 2 aromatic rings. The molecule has 3 N–H and O–H groups in total. The number of nitrogen functional groups attached to an aromatic ring is 1. The van der Waals surface area contributed by atoms with Crippen LogP contribution in [-0.2, 0) is 6.42 Å². The number of nitrogens with one attached hydrogen (secondary N) is 1. The van der Waals surface area contributed by atoms with Crippen molar-refractivity contribution in [2.24, 2.45) is 0 Å². The number of aromatic nitrogens is 2. The highest BCUT2D eigenvalue weighted by atomic mass is 32.1. The van der Waals surface area contributed by atoms with E-state index in [1.54, 1.807) is 17.5 Å². The first kappa shape index (κ1) is 10.9. The Morgan fingerprint density at radius 1 is 1.44 bits per heavy atom. The highest BCUT2D eigenvalue weighted by Crippen LogP contribution is 2.14. The van der Waals surface area contributed by atoms with E-state index in [0.717, 1.165) is 29.4 Å². The number of anilines is 2. The fraction of sp³-hybridized carbons (Fsp3) is 0.273. The second kappa shape index (κ2) is 4.94. The molecule has 0 aliphatic carbocycles. The van der Waals surface area contributed by atoms with Crippen LogP contribution in [0, 0.1) is 6.92 Å². The van der Waals surface area contributed by atoms with Gasteiger partial charge in [-0.2, -0.15) is 0 Å². The van der Waals surface area contributed by atoms with Gasteiger partial charge in [0.2, 0.25) is 0 Å². The summed E-state index contributed by atoms with van der Waals surface area (Å²) in [5.41, 5.74) is 7.40. The summed E-state index contributed by atoms with van der Waals surface area (Å²) in [5, 5.41) is 6.41. The van der Waals surface area contributed by atoms with E-state index in [9.17, 15) is 0 Å². The number of hydrogen-bond acceptors (Lipinski definition) is 5. The zero-order chi connectivity index (χ0) is 11.4. The maximum atomic E-state index is 5.63. The average Bonchev–Trinajstić information content (AvgIpc) is 2.74. The Balaban J connectivity index is 1.90. The van der Waals surface area contributed by atoms with Crippen molar-refractivity contribution < 1.29 is 0 Å². The van der Waals surface area contributed by atoms with Gasteiger partial charge in [-0.15, -0.1) is 11.3 Å². The van der Waals surface area contributed by atoms with Crippen LogP contribution in [0.25, 0.3) is 0 Å². The monoisotopic (exact) mass is 234 g/mol. The van der Waals surface area contributed by atoms with Crippen molar-refractivity contribution in [3.05, 3.63) is 34.4 Å². The molecule has 0 fully saturated rings. The Kier molecular flexibility index (Phi) is 3.36. The zero-order valence-electron chi connectivity index (χ0n) is 9.10. The zero-order valence-corrected chi connectivity index (χ0v) is 9.92. The third kappa shape index (κ3) is 2.70. The molecule has 0 unspecified atom stereocenters. The Morgan fingerprint density at radius 3 is 3.00 bits per heavy atom. The molecule has 0 amide bonds. The van der Waals surface area contributed by atoms with Crippen LogP contribution in [0.4, 0.5) is 11.5 Å². The third-order valence-corrected chi connectivity index (χ3v) is 3.05. The van der Waals surface area contributed by atoms with E-state index in [1.807, 2.05) is 24.6 Å². The lowest BCUT2D eigenvalue weighted by atomic mass is 10.2. The molecular weight excluding hydrogens is 220 g/mol. The van der Waals surface area contributed by atoms with Crippen LogP contribution in [0.2, 0.25) is 0 Å². The summed E-state index contributed by atoms with van der Waals surface area (Å²) in [6.07, 6.45) is 4.41. The van der Waals surface area contributed by atoms with Crippen molar-refractivity contribution >= 4 is 22.8 Å². The van der Waals surface area contributed by atoms with E-state index in [2.05, 4.69) is 15.3 Å². The third-order valence-electron chi connectivity index (χ3n) is 2.21. The van der Waals surface area contributed by atoms with Crippen molar-refractivity contribution in [3.8, 4) is 0 Å². The summed E-state index contributed by atoms with van der Waals surface area (Å²) in [4.78, 5) is 8.47.